The van der Waals surface area contributed by atoms with Gasteiger partial charge in [-0.3, -0.25) is 4.79 Å². The lowest BCUT2D eigenvalue weighted by Gasteiger charge is -2.20. The number of phenolic OH excluding ortho intramolecular Hbond substituents is 1. The van der Waals surface area contributed by atoms with E-state index in [4.69, 9.17) is 14.6 Å². The quantitative estimate of drug-likeness (QED) is 0.656. The lowest BCUT2D eigenvalue weighted by atomic mass is 10.0. The number of anilines is 1. The molecule has 0 fully saturated rings. The summed E-state index contributed by atoms with van der Waals surface area (Å²) in [5, 5.41) is 17.6. The number of aromatic hydroxyl groups is 1. The van der Waals surface area contributed by atoms with E-state index in [0.29, 0.717) is 17.3 Å². The van der Waals surface area contributed by atoms with E-state index in [1.165, 1.54) is 26.0 Å². The van der Waals surface area contributed by atoms with Crippen LogP contribution >= 0.6 is 11.8 Å². The normalized spacial score (nSPS) is 18.3. The van der Waals surface area contributed by atoms with Gasteiger partial charge in [-0.1, -0.05) is 18.2 Å². The second kappa shape index (κ2) is 7.95. The molecular formula is C22H23N3O4S. The summed E-state index contributed by atoms with van der Waals surface area (Å²) in [7, 11) is 2.99. The molecule has 8 heteroatoms. The lowest BCUT2D eigenvalue weighted by Crippen LogP contribution is -2.22. The largest absolute Gasteiger partial charge is 0.502 e. The molecule has 2 heterocycles. The van der Waals surface area contributed by atoms with Gasteiger partial charge in [0, 0.05) is 5.56 Å². The fraction of sp³-hybridized carbons (Fsp3) is 0.273. The SMILES string of the molecule is COc1cc([C@H]2S[C@@H](C)C(=O)Nc3c2c(C)nn3-c2ccccc2)cc(OC)c1O. The van der Waals surface area contributed by atoms with Crippen molar-refractivity contribution in [2.24, 2.45) is 0 Å². The Bertz CT molecular complexity index is 1070. The van der Waals surface area contributed by atoms with E-state index < -0.39 is 0 Å². The van der Waals surface area contributed by atoms with Crippen LogP contribution in [-0.4, -0.2) is 40.3 Å². The second-order valence-corrected chi connectivity index (χ2v) is 8.47. The van der Waals surface area contributed by atoms with Gasteiger partial charge in [-0.05, 0) is 43.7 Å². The summed E-state index contributed by atoms with van der Waals surface area (Å²) in [4.78, 5) is 12.8. The number of hydrogen-bond acceptors (Lipinski definition) is 6. The Labute approximate surface area is 179 Å². The van der Waals surface area contributed by atoms with Gasteiger partial charge in [-0.25, -0.2) is 4.68 Å². The van der Waals surface area contributed by atoms with E-state index in [1.54, 1.807) is 16.8 Å². The van der Waals surface area contributed by atoms with Crippen LogP contribution in [0.3, 0.4) is 0 Å². The number of nitrogens with one attached hydrogen (secondary N) is 1. The van der Waals surface area contributed by atoms with Crippen molar-refractivity contribution in [3.8, 4) is 22.9 Å². The molecule has 0 aliphatic carbocycles. The number of phenols is 1. The number of thioether (sulfide) groups is 1. The predicted molar refractivity (Wildman–Crippen MR) is 117 cm³/mol. The summed E-state index contributed by atoms with van der Waals surface area (Å²) in [5.74, 6) is 1.14. The number of hydrogen-bond donors (Lipinski definition) is 2. The molecule has 0 radical (unpaired) electrons. The summed E-state index contributed by atoms with van der Waals surface area (Å²) in [5.41, 5.74) is 3.44. The van der Waals surface area contributed by atoms with Crippen molar-refractivity contribution in [1.29, 1.82) is 0 Å². The summed E-state index contributed by atoms with van der Waals surface area (Å²) in [6.45, 7) is 3.81. The monoisotopic (exact) mass is 425 g/mol. The van der Waals surface area contributed by atoms with Gasteiger partial charge in [0.2, 0.25) is 11.7 Å². The Morgan fingerprint density at radius 3 is 2.37 bits per heavy atom. The van der Waals surface area contributed by atoms with Gasteiger partial charge in [0.25, 0.3) is 0 Å². The maximum atomic E-state index is 12.8. The van der Waals surface area contributed by atoms with Crippen molar-refractivity contribution in [1.82, 2.24) is 9.78 Å². The minimum atomic E-state index is -0.295. The van der Waals surface area contributed by atoms with Crippen LogP contribution < -0.4 is 14.8 Å². The number of rotatable bonds is 4. The molecule has 0 unspecified atom stereocenters. The highest BCUT2D eigenvalue weighted by Gasteiger charge is 2.35. The molecule has 2 atom stereocenters. The van der Waals surface area contributed by atoms with Crippen LogP contribution in [0.25, 0.3) is 5.69 Å². The van der Waals surface area contributed by atoms with Gasteiger partial charge < -0.3 is 19.9 Å². The third kappa shape index (κ3) is 3.37. The molecule has 30 heavy (non-hydrogen) atoms. The fourth-order valence-corrected chi connectivity index (χ4v) is 4.89. The number of aryl methyl sites for hydroxylation is 1. The number of methoxy groups -OCH3 is 2. The maximum Gasteiger partial charge on any atom is 0.238 e. The first-order valence-electron chi connectivity index (χ1n) is 9.50. The van der Waals surface area contributed by atoms with Crippen molar-refractivity contribution >= 4 is 23.5 Å². The van der Waals surface area contributed by atoms with Crippen molar-refractivity contribution < 1.29 is 19.4 Å². The van der Waals surface area contributed by atoms with Crippen LogP contribution in [0.4, 0.5) is 5.82 Å². The highest BCUT2D eigenvalue weighted by atomic mass is 32.2. The summed E-state index contributed by atoms with van der Waals surface area (Å²) < 4.78 is 12.5. The Hall–Kier alpha value is -3.13. The van der Waals surface area contributed by atoms with E-state index >= 15 is 0 Å². The van der Waals surface area contributed by atoms with E-state index in [1.807, 2.05) is 44.2 Å². The first-order chi connectivity index (χ1) is 14.4. The van der Waals surface area contributed by atoms with E-state index in [2.05, 4.69) is 5.32 Å². The Morgan fingerprint density at radius 1 is 1.13 bits per heavy atom. The highest BCUT2D eigenvalue weighted by Crippen LogP contribution is 2.49. The van der Waals surface area contributed by atoms with Gasteiger partial charge in [0.05, 0.1) is 36.1 Å². The summed E-state index contributed by atoms with van der Waals surface area (Å²) in [6.07, 6.45) is 0. The number of fused-ring (bicyclic) bond motifs is 1. The predicted octanol–water partition coefficient (Wildman–Crippen LogP) is 4.07. The van der Waals surface area contributed by atoms with Crippen LogP contribution in [0.2, 0.25) is 0 Å². The first kappa shape index (κ1) is 20.2. The molecule has 4 rings (SSSR count). The molecular weight excluding hydrogens is 402 g/mol. The number of benzene rings is 2. The maximum absolute atomic E-state index is 12.8. The topological polar surface area (TPSA) is 85.6 Å². The van der Waals surface area contributed by atoms with Crippen LogP contribution in [0.15, 0.2) is 42.5 Å². The van der Waals surface area contributed by atoms with Crippen LogP contribution in [0, 0.1) is 6.92 Å². The average Bonchev–Trinajstić information content (AvgIpc) is 3.00. The molecule has 2 N–H and O–H groups in total. The standard InChI is InChI=1S/C22H23N3O4S/c1-12-18-20(14-10-16(28-3)19(26)17(11-14)29-4)30-13(2)22(27)23-21(18)25(24-12)15-8-6-5-7-9-15/h5-11,13,20,26H,1-4H3,(H,23,27)/t13-,20+/m0/s1. The summed E-state index contributed by atoms with van der Waals surface area (Å²) >= 11 is 1.52. The van der Waals surface area contributed by atoms with Gasteiger partial charge in [-0.15, -0.1) is 11.8 Å². The van der Waals surface area contributed by atoms with Gasteiger partial charge >= 0.3 is 0 Å². The average molecular weight is 426 g/mol. The summed E-state index contributed by atoms with van der Waals surface area (Å²) in [6, 6.07) is 13.3. The molecule has 0 saturated heterocycles. The van der Waals surface area contributed by atoms with Gasteiger partial charge in [0.1, 0.15) is 5.82 Å². The number of nitrogens with zero attached hydrogens (tertiary/aromatic N) is 2. The zero-order chi connectivity index (χ0) is 21.4. The number of amides is 1. The molecule has 1 amide bonds. The van der Waals surface area contributed by atoms with E-state index in [-0.39, 0.29) is 22.2 Å². The lowest BCUT2D eigenvalue weighted by molar-refractivity contribution is -0.115. The number of ether oxygens (including phenoxy) is 2. The number of carbonyl (C=O) groups excluding carboxylic acids is 1. The molecule has 0 saturated carbocycles. The third-order valence-corrected chi connectivity index (χ3v) is 6.53. The number of para-hydroxylation sites is 1. The Kier molecular flexibility index (Phi) is 5.34. The van der Waals surface area contributed by atoms with E-state index in [9.17, 15) is 9.90 Å². The molecule has 7 nitrogen and oxygen atoms in total. The third-order valence-electron chi connectivity index (χ3n) is 5.13. The van der Waals surface area contributed by atoms with Crippen molar-refractivity contribution in [3.05, 3.63) is 59.3 Å². The van der Waals surface area contributed by atoms with Gasteiger partial charge in [-0.2, -0.15) is 5.10 Å². The molecule has 0 bridgehead atoms. The second-order valence-electron chi connectivity index (χ2n) is 7.02. The molecule has 156 valence electrons. The molecule has 3 aromatic rings. The fourth-order valence-electron chi connectivity index (χ4n) is 3.59. The number of aromatic nitrogens is 2. The zero-order valence-electron chi connectivity index (χ0n) is 17.2. The highest BCUT2D eigenvalue weighted by molar-refractivity contribution is 8.01. The Balaban J connectivity index is 1.93. The zero-order valence-corrected chi connectivity index (χ0v) is 18.0. The minimum absolute atomic E-state index is 0.0541. The number of carbonyl (C=O) groups is 1. The molecule has 1 aliphatic rings. The van der Waals surface area contributed by atoms with Crippen molar-refractivity contribution in [3.63, 3.8) is 0 Å². The first-order valence-corrected chi connectivity index (χ1v) is 10.4. The van der Waals surface area contributed by atoms with Crippen LogP contribution in [-0.2, 0) is 4.79 Å². The molecule has 2 aromatic carbocycles. The smallest absolute Gasteiger partial charge is 0.238 e. The van der Waals surface area contributed by atoms with E-state index in [0.717, 1.165) is 22.5 Å². The van der Waals surface area contributed by atoms with Crippen LogP contribution in [0.5, 0.6) is 17.2 Å². The minimum Gasteiger partial charge on any atom is -0.502 e. The molecule has 1 aromatic heterocycles. The van der Waals surface area contributed by atoms with Crippen molar-refractivity contribution in [2.45, 2.75) is 24.3 Å². The van der Waals surface area contributed by atoms with Crippen LogP contribution in [0.1, 0.15) is 29.0 Å². The van der Waals surface area contributed by atoms with Gasteiger partial charge in [0.15, 0.2) is 11.5 Å². The molecule has 1 aliphatic heterocycles. The Morgan fingerprint density at radius 2 is 1.77 bits per heavy atom. The molecule has 0 spiro atoms. The van der Waals surface area contributed by atoms with Crippen molar-refractivity contribution in [2.75, 3.05) is 19.5 Å².